The summed E-state index contributed by atoms with van der Waals surface area (Å²) in [5, 5.41) is 11.4. The molecule has 0 aliphatic carbocycles. The summed E-state index contributed by atoms with van der Waals surface area (Å²) >= 11 is 5.90. The highest BCUT2D eigenvalue weighted by atomic mass is 35.5. The molecule has 2 N–H and O–H groups in total. The van der Waals surface area contributed by atoms with Gasteiger partial charge in [-0.2, -0.15) is 5.10 Å². The van der Waals surface area contributed by atoms with E-state index in [1.807, 2.05) is 31.2 Å². The first-order valence-electron chi connectivity index (χ1n) is 7.94. The van der Waals surface area contributed by atoms with Crippen molar-refractivity contribution >= 4 is 17.5 Å². The number of nitrogens with one attached hydrogen (secondary N) is 2. The van der Waals surface area contributed by atoms with E-state index in [2.05, 4.69) is 15.7 Å². The van der Waals surface area contributed by atoms with Crippen LogP contribution >= 0.6 is 11.6 Å². The fourth-order valence-corrected chi connectivity index (χ4v) is 2.98. The molecule has 0 saturated carbocycles. The maximum atomic E-state index is 12.3. The Morgan fingerprint density at radius 3 is 2.91 bits per heavy atom. The third kappa shape index (κ3) is 3.92. The SMILES string of the molecule is Cc1nn(-c2ccc(Cl)cc2)cc1C(=O)NCCC1CCNC1. The Hall–Kier alpha value is -1.85. The van der Waals surface area contributed by atoms with Crippen molar-refractivity contribution in [1.82, 2.24) is 20.4 Å². The van der Waals surface area contributed by atoms with E-state index in [1.165, 1.54) is 6.42 Å². The molecule has 1 atom stereocenters. The molecule has 5 nitrogen and oxygen atoms in total. The number of aromatic nitrogens is 2. The molecule has 1 fully saturated rings. The summed E-state index contributed by atoms with van der Waals surface area (Å²) in [6.45, 7) is 4.70. The number of halogens is 1. The molecule has 1 aromatic carbocycles. The largest absolute Gasteiger partial charge is 0.352 e. The third-order valence-corrected chi connectivity index (χ3v) is 4.49. The molecule has 0 spiro atoms. The first-order chi connectivity index (χ1) is 11.1. The minimum atomic E-state index is -0.0614. The van der Waals surface area contributed by atoms with Gasteiger partial charge in [0, 0.05) is 17.8 Å². The van der Waals surface area contributed by atoms with Crippen LogP contribution in [0.4, 0.5) is 0 Å². The lowest BCUT2D eigenvalue weighted by Crippen LogP contribution is -2.26. The lowest BCUT2D eigenvalue weighted by Gasteiger charge is -2.08. The Morgan fingerprint density at radius 1 is 1.43 bits per heavy atom. The molecule has 1 saturated heterocycles. The number of aryl methyl sites for hydroxylation is 1. The van der Waals surface area contributed by atoms with Crippen LogP contribution < -0.4 is 10.6 Å². The van der Waals surface area contributed by atoms with E-state index in [0.29, 0.717) is 23.0 Å². The molecule has 1 aromatic heterocycles. The normalized spacial score (nSPS) is 17.4. The van der Waals surface area contributed by atoms with Gasteiger partial charge in [0.05, 0.1) is 16.9 Å². The Morgan fingerprint density at radius 2 is 2.22 bits per heavy atom. The molecule has 23 heavy (non-hydrogen) atoms. The van der Waals surface area contributed by atoms with Crippen LogP contribution in [0.15, 0.2) is 30.5 Å². The summed E-state index contributed by atoms with van der Waals surface area (Å²) in [6.07, 6.45) is 3.98. The van der Waals surface area contributed by atoms with Gasteiger partial charge in [-0.05, 0) is 63.0 Å². The highest BCUT2D eigenvalue weighted by Crippen LogP contribution is 2.16. The van der Waals surface area contributed by atoms with E-state index >= 15 is 0 Å². The van der Waals surface area contributed by atoms with Gasteiger partial charge in [0.2, 0.25) is 0 Å². The van der Waals surface area contributed by atoms with Crippen molar-refractivity contribution in [3.8, 4) is 5.69 Å². The van der Waals surface area contributed by atoms with Crippen molar-refractivity contribution < 1.29 is 4.79 Å². The summed E-state index contributed by atoms with van der Waals surface area (Å²) in [4.78, 5) is 12.3. The Balaban J connectivity index is 1.62. The monoisotopic (exact) mass is 332 g/mol. The Bertz CT molecular complexity index is 674. The van der Waals surface area contributed by atoms with Gasteiger partial charge in [-0.15, -0.1) is 0 Å². The maximum absolute atomic E-state index is 12.3. The molecule has 0 radical (unpaired) electrons. The second-order valence-corrected chi connectivity index (χ2v) is 6.39. The van der Waals surface area contributed by atoms with Gasteiger partial charge >= 0.3 is 0 Å². The molecule has 2 heterocycles. The van der Waals surface area contributed by atoms with Gasteiger partial charge in [0.15, 0.2) is 0 Å². The number of hydrogen-bond acceptors (Lipinski definition) is 3. The summed E-state index contributed by atoms with van der Waals surface area (Å²) < 4.78 is 1.71. The lowest BCUT2D eigenvalue weighted by atomic mass is 10.1. The van der Waals surface area contributed by atoms with Crippen LogP contribution in [0, 0.1) is 12.8 Å². The zero-order valence-electron chi connectivity index (χ0n) is 13.2. The van der Waals surface area contributed by atoms with Crippen molar-refractivity contribution in [3.05, 3.63) is 46.7 Å². The summed E-state index contributed by atoms with van der Waals surface area (Å²) in [7, 11) is 0. The Kier molecular flexibility index (Phi) is 4.98. The van der Waals surface area contributed by atoms with E-state index in [9.17, 15) is 4.79 Å². The van der Waals surface area contributed by atoms with Crippen LogP contribution in [-0.4, -0.2) is 35.3 Å². The zero-order valence-corrected chi connectivity index (χ0v) is 13.9. The van der Waals surface area contributed by atoms with E-state index in [1.54, 1.807) is 10.9 Å². The van der Waals surface area contributed by atoms with Crippen molar-refractivity contribution in [2.24, 2.45) is 5.92 Å². The van der Waals surface area contributed by atoms with Gasteiger partial charge in [-0.3, -0.25) is 4.79 Å². The standard InChI is InChI=1S/C17H21ClN4O/c1-12-16(17(23)20-9-7-13-6-8-19-10-13)11-22(21-12)15-4-2-14(18)3-5-15/h2-5,11,13,19H,6-10H2,1H3,(H,20,23). The van der Waals surface area contributed by atoms with Crippen LogP contribution in [0.25, 0.3) is 5.69 Å². The number of carbonyl (C=O) groups is 1. The van der Waals surface area contributed by atoms with Crippen molar-refractivity contribution in [2.45, 2.75) is 19.8 Å². The summed E-state index contributed by atoms with van der Waals surface area (Å²) in [6, 6.07) is 7.37. The molecular weight excluding hydrogens is 312 g/mol. The highest BCUT2D eigenvalue weighted by Gasteiger charge is 2.16. The Labute approximate surface area is 141 Å². The molecule has 1 unspecified atom stereocenters. The second kappa shape index (κ2) is 7.15. The van der Waals surface area contributed by atoms with Crippen molar-refractivity contribution in [1.29, 1.82) is 0 Å². The van der Waals surface area contributed by atoms with Gasteiger partial charge < -0.3 is 10.6 Å². The minimum Gasteiger partial charge on any atom is -0.352 e. The molecular formula is C17H21ClN4O. The third-order valence-electron chi connectivity index (χ3n) is 4.24. The van der Waals surface area contributed by atoms with Crippen molar-refractivity contribution in [3.63, 3.8) is 0 Å². The molecule has 1 amide bonds. The number of carbonyl (C=O) groups excluding carboxylic acids is 1. The molecule has 1 aliphatic rings. The molecule has 3 rings (SSSR count). The molecule has 6 heteroatoms. The fraction of sp³-hybridized carbons (Fsp3) is 0.412. The van der Waals surface area contributed by atoms with Crippen LogP contribution in [0.1, 0.15) is 28.9 Å². The number of hydrogen-bond donors (Lipinski definition) is 2. The average molecular weight is 333 g/mol. The van der Waals surface area contributed by atoms with Gasteiger partial charge in [0.1, 0.15) is 0 Å². The van der Waals surface area contributed by atoms with Crippen molar-refractivity contribution in [2.75, 3.05) is 19.6 Å². The number of benzene rings is 1. The lowest BCUT2D eigenvalue weighted by molar-refractivity contribution is 0.0951. The average Bonchev–Trinajstić information content (AvgIpc) is 3.17. The number of rotatable bonds is 5. The second-order valence-electron chi connectivity index (χ2n) is 5.95. The first kappa shape index (κ1) is 16.0. The number of nitrogens with zero attached hydrogens (tertiary/aromatic N) is 2. The molecule has 2 aromatic rings. The summed E-state index contributed by atoms with van der Waals surface area (Å²) in [5.74, 6) is 0.613. The van der Waals surface area contributed by atoms with Crippen LogP contribution in [-0.2, 0) is 0 Å². The quantitative estimate of drug-likeness (QED) is 0.884. The van der Waals surface area contributed by atoms with Crippen LogP contribution in [0.3, 0.4) is 0 Å². The molecule has 122 valence electrons. The van der Waals surface area contributed by atoms with Crippen LogP contribution in [0.5, 0.6) is 0 Å². The van der Waals surface area contributed by atoms with Gasteiger partial charge in [-0.1, -0.05) is 11.6 Å². The minimum absolute atomic E-state index is 0.0614. The maximum Gasteiger partial charge on any atom is 0.254 e. The smallest absolute Gasteiger partial charge is 0.254 e. The molecule has 0 bridgehead atoms. The number of amides is 1. The predicted molar refractivity (Wildman–Crippen MR) is 91.2 cm³/mol. The highest BCUT2D eigenvalue weighted by molar-refractivity contribution is 6.30. The van der Waals surface area contributed by atoms with Crippen LogP contribution in [0.2, 0.25) is 5.02 Å². The first-order valence-corrected chi connectivity index (χ1v) is 8.32. The van der Waals surface area contributed by atoms with Gasteiger partial charge in [0.25, 0.3) is 5.91 Å². The zero-order chi connectivity index (χ0) is 16.2. The van der Waals surface area contributed by atoms with E-state index in [0.717, 1.165) is 30.9 Å². The van der Waals surface area contributed by atoms with E-state index in [4.69, 9.17) is 11.6 Å². The van der Waals surface area contributed by atoms with E-state index < -0.39 is 0 Å². The fourth-order valence-electron chi connectivity index (χ4n) is 2.85. The van der Waals surface area contributed by atoms with E-state index in [-0.39, 0.29) is 5.91 Å². The topological polar surface area (TPSA) is 59.0 Å². The van der Waals surface area contributed by atoms with Gasteiger partial charge in [-0.25, -0.2) is 4.68 Å². The predicted octanol–water partition coefficient (Wildman–Crippen LogP) is 2.56. The summed E-state index contributed by atoms with van der Waals surface area (Å²) in [5.41, 5.74) is 2.22. The molecule has 1 aliphatic heterocycles.